The molecule has 2 aromatic rings. The van der Waals surface area contributed by atoms with Crippen LogP contribution in [0.4, 0.5) is 5.69 Å². The van der Waals surface area contributed by atoms with E-state index >= 15 is 0 Å². The fraction of sp³-hybridized carbons (Fsp3) is 0.308. The van der Waals surface area contributed by atoms with Crippen molar-refractivity contribution in [1.82, 2.24) is 4.98 Å². The summed E-state index contributed by atoms with van der Waals surface area (Å²) in [6.45, 7) is 5.42. The monoisotopic (exact) mass is 200 g/mol. The first kappa shape index (κ1) is 9.97. The van der Waals surface area contributed by atoms with Gasteiger partial charge in [-0.15, -0.1) is 0 Å². The summed E-state index contributed by atoms with van der Waals surface area (Å²) in [4.78, 5) is 4.12. The number of hydrogen-bond acceptors (Lipinski definition) is 2. The second-order valence-electron chi connectivity index (χ2n) is 4.18. The molecule has 0 amide bonds. The third kappa shape index (κ3) is 2.27. The Morgan fingerprint density at radius 1 is 1.27 bits per heavy atom. The van der Waals surface area contributed by atoms with Crippen LogP contribution in [0.25, 0.3) is 10.8 Å². The molecule has 0 radical (unpaired) electrons. The fourth-order valence-electron chi connectivity index (χ4n) is 1.59. The predicted molar refractivity (Wildman–Crippen MR) is 65.1 cm³/mol. The highest BCUT2D eigenvalue weighted by Crippen LogP contribution is 2.22. The van der Waals surface area contributed by atoms with Crippen molar-refractivity contribution in [2.24, 2.45) is 5.92 Å². The normalized spacial score (nSPS) is 10.9. The number of fused-ring (bicyclic) bond motifs is 1. The molecule has 2 heteroatoms. The third-order valence-electron chi connectivity index (χ3n) is 2.38. The number of anilines is 1. The summed E-state index contributed by atoms with van der Waals surface area (Å²) in [6.07, 6.45) is 3.73. The summed E-state index contributed by atoms with van der Waals surface area (Å²) in [6, 6.07) is 8.32. The van der Waals surface area contributed by atoms with E-state index in [0.29, 0.717) is 5.92 Å². The zero-order valence-electron chi connectivity index (χ0n) is 9.20. The van der Waals surface area contributed by atoms with Gasteiger partial charge in [0.05, 0.1) is 0 Å². The lowest BCUT2D eigenvalue weighted by molar-refractivity contribution is 0.689. The molecule has 1 aromatic carbocycles. The number of pyridine rings is 1. The Hall–Kier alpha value is -1.57. The van der Waals surface area contributed by atoms with Gasteiger partial charge in [0.2, 0.25) is 0 Å². The molecule has 1 N–H and O–H groups in total. The van der Waals surface area contributed by atoms with Crippen molar-refractivity contribution in [2.75, 3.05) is 11.9 Å². The van der Waals surface area contributed by atoms with Crippen LogP contribution in [0.15, 0.2) is 36.7 Å². The lowest BCUT2D eigenvalue weighted by Gasteiger charge is -2.11. The van der Waals surface area contributed by atoms with E-state index in [4.69, 9.17) is 0 Å². The predicted octanol–water partition coefficient (Wildman–Crippen LogP) is 3.30. The molecule has 0 aliphatic heterocycles. The molecular weight excluding hydrogens is 184 g/mol. The van der Waals surface area contributed by atoms with Crippen LogP contribution >= 0.6 is 0 Å². The molecule has 0 saturated heterocycles. The largest absolute Gasteiger partial charge is 0.384 e. The third-order valence-corrected chi connectivity index (χ3v) is 2.38. The summed E-state index contributed by atoms with van der Waals surface area (Å²) >= 11 is 0. The van der Waals surface area contributed by atoms with Gasteiger partial charge in [0, 0.05) is 35.4 Å². The van der Waals surface area contributed by atoms with Gasteiger partial charge in [0.15, 0.2) is 0 Å². The summed E-state index contributed by atoms with van der Waals surface area (Å²) in [5, 5.41) is 5.89. The summed E-state index contributed by atoms with van der Waals surface area (Å²) in [5.41, 5.74) is 1.20. The Labute approximate surface area is 90.3 Å². The van der Waals surface area contributed by atoms with Crippen LogP contribution in [0, 0.1) is 5.92 Å². The highest BCUT2D eigenvalue weighted by Gasteiger charge is 2.00. The number of nitrogens with one attached hydrogen (secondary N) is 1. The van der Waals surface area contributed by atoms with Gasteiger partial charge < -0.3 is 5.32 Å². The topological polar surface area (TPSA) is 24.9 Å². The fourth-order valence-corrected chi connectivity index (χ4v) is 1.59. The Morgan fingerprint density at radius 2 is 2.13 bits per heavy atom. The molecule has 0 saturated carbocycles. The average molecular weight is 200 g/mol. The van der Waals surface area contributed by atoms with Gasteiger partial charge in [-0.3, -0.25) is 4.98 Å². The van der Waals surface area contributed by atoms with E-state index in [0.717, 1.165) is 6.54 Å². The first-order chi connectivity index (χ1) is 7.27. The molecule has 0 atom stereocenters. The quantitative estimate of drug-likeness (QED) is 0.822. The first-order valence-electron chi connectivity index (χ1n) is 5.34. The molecule has 2 rings (SSSR count). The van der Waals surface area contributed by atoms with Gasteiger partial charge in [-0.1, -0.05) is 26.0 Å². The molecule has 0 spiro atoms. The molecule has 1 heterocycles. The Bertz CT molecular complexity index is 444. The molecular formula is C13H16N2. The van der Waals surface area contributed by atoms with E-state index in [1.54, 1.807) is 0 Å². The minimum absolute atomic E-state index is 0.655. The molecule has 0 fully saturated rings. The van der Waals surface area contributed by atoms with Gasteiger partial charge >= 0.3 is 0 Å². The molecule has 0 bridgehead atoms. The summed E-state index contributed by atoms with van der Waals surface area (Å²) in [7, 11) is 0. The number of benzene rings is 1. The van der Waals surface area contributed by atoms with E-state index in [-0.39, 0.29) is 0 Å². The SMILES string of the molecule is CC(C)CNc1cccc2cnccc12. The van der Waals surface area contributed by atoms with Crippen molar-refractivity contribution in [1.29, 1.82) is 0 Å². The van der Waals surface area contributed by atoms with E-state index in [2.05, 4.69) is 48.4 Å². The second-order valence-corrected chi connectivity index (χ2v) is 4.18. The maximum Gasteiger partial charge on any atom is 0.0421 e. The minimum Gasteiger partial charge on any atom is -0.384 e. The second kappa shape index (κ2) is 4.30. The van der Waals surface area contributed by atoms with Crippen LogP contribution in [0.1, 0.15) is 13.8 Å². The highest BCUT2D eigenvalue weighted by atomic mass is 14.9. The van der Waals surface area contributed by atoms with Gasteiger partial charge in [0.25, 0.3) is 0 Å². The zero-order valence-corrected chi connectivity index (χ0v) is 9.20. The van der Waals surface area contributed by atoms with Crippen LogP contribution in [0.3, 0.4) is 0 Å². The Morgan fingerprint density at radius 3 is 2.93 bits per heavy atom. The average Bonchev–Trinajstić information content (AvgIpc) is 2.26. The molecule has 78 valence electrons. The number of hydrogen-bond donors (Lipinski definition) is 1. The molecule has 2 nitrogen and oxygen atoms in total. The van der Waals surface area contributed by atoms with E-state index in [1.807, 2.05) is 12.4 Å². The Balaban J connectivity index is 2.34. The molecule has 1 aromatic heterocycles. The standard InChI is InChI=1S/C13H16N2/c1-10(2)8-15-13-5-3-4-11-9-14-7-6-12(11)13/h3-7,9-10,15H,8H2,1-2H3. The molecule has 0 unspecified atom stereocenters. The zero-order chi connectivity index (χ0) is 10.7. The van der Waals surface area contributed by atoms with Crippen molar-refractivity contribution in [3.05, 3.63) is 36.7 Å². The lowest BCUT2D eigenvalue weighted by atomic mass is 10.1. The van der Waals surface area contributed by atoms with Crippen LogP contribution in [0.2, 0.25) is 0 Å². The number of nitrogens with zero attached hydrogens (tertiary/aromatic N) is 1. The Kier molecular flexibility index (Phi) is 2.86. The van der Waals surface area contributed by atoms with E-state index in [1.165, 1.54) is 16.5 Å². The van der Waals surface area contributed by atoms with Crippen LogP contribution in [-0.4, -0.2) is 11.5 Å². The van der Waals surface area contributed by atoms with Crippen molar-refractivity contribution < 1.29 is 0 Å². The van der Waals surface area contributed by atoms with Gasteiger partial charge in [-0.2, -0.15) is 0 Å². The van der Waals surface area contributed by atoms with Crippen molar-refractivity contribution in [3.63, 3.8) is 0 Å². The van der Waals surface area contributed by atoms with E-state index in [9.17, 15) is 0 Å². The maximum absolute atomic E-state index is 4.12. The molecule has 15 heavy (non-hydrogen) atoms. The van der Waals surface area contributed by atoms with Crippen LogP contribution < -0.4 is 5.32 Å². The number of rotatable bonds is 3. The molecule has 0 aliphatic rings. The van der Waals surface area contributed by atoms with Gasteiger partial charge in [-0.05, 0) is 18.1 Å². The van der Waals surface area contributed by atoms with Crippen molar-refractivity contribution in [2.45, 2.75) is 13.8 Å². The summed E-state index contributed by atoms with van der Waals surface area (Å²) < 4.78 is 0. The van der Waals surface area contributed by atoms with Gasteiger partial charge in [-0.25, -0.2) is 0 Å². The summed E-state index contributed by atoms with van der Waals surface area (Å²) in [5.74, 6) is 0.655. The highest BCUT2D eigenvalue weighted by molar-refractivity contribution is 5.93. The minimum atomic E-state index is 0.655. The van der Waals surface area contributed by atoms with Gasteiger partial charge in [0.1, 0.15) is 0 Å². The maximum atomic E-state index is 4.12. The van der Waals surface area contributed by atoms with Crippen molar-refractivity contribution in [3.8, 4) is 0 Å². The van der Waals surface area contributed by atoms with Crippen LogP contribution in [-0.2, 0) is 0 Å². The number of aromatic nitrogens is 1. The van der Waals surface area contributed by atoms with Crippen LogP contribution in [0.5, 0.6) is 0 Å². The smallest absolute Gasteiger partial charge is 0.0421 e. The molecule has 0 aliphatic carbocycles. The van der Waals surface area contributed by atoms with E-state index < -0.39 is 0 Å². The first-order valence-corrected chi connectivity index (χ1v) is 5.34. The van der Waals surface area contributed by atoms with Crippen molar-refractivity contribution >= 4 is 16.5 Å². The lowest BCUT2D eigenvalue weighted by Crippen LogP contribution is -2.07.